The highest BCUT2D eigenvalue weighted by molar-refractivity contribution is 7.99. The predicted octanol–water partition coefficient (Wildman–Crippen LogP) is 5.84. The molecule has 0 aliphatic rings. The Morgan fingerprint density at radius 1 is 1.04 bits per heavy atom. The Labute approximate surface area is 161 Å². The number of rotatable bonds is 6. The lowest BCUT2D eigenvalue weighted by Gasteiger charge is -2.08. The van der Waals surface area contributed by atoms with Crippen LogP contribution in [0.15, 0.2) is 71.3 Å². The van der Waals surface area contributed by atoms with Crippen molar-refractivity contribution in [3.63, 3.8) is 0 Å². The van der Waals surface area contributed by atoms with Crippen molar-refractivity contribution in [3.05, 3.63) is 71.9 Å². The van der Waals surface area contributed by atoms with Gasteiger partial charge in [-0.25, -0.2) is 9.97 Å². The molecule has 0 fully saturated rings. The lowest BCUT2D eigenvalue weighted by molar-refractivity contribution is 0.343. The molecule has 4 aromatic rings. The fraction of sp³-hybridized carbons (Fsp3) is 0.143. The average Bonchev–Trinajstić information content (AvgIpc) is 3.11. The molecule has 0 spiro atoms. The Bertz CT molecular complexity index is 1010. The van der Waals surface area contributed by atoms with E-state index in [1.54, 1.807) is 29.4 Å². The van der Waals surface area contributed by atoms with Crippen LogP contribution in [-0.4, -0.2) is 22.3 Å². The van der Waals surface area contributed by atoms with Crippen molar-refractivity contribution in [2.45, 2.75) is 11.9 Å². The number of thioether (sulfide) groups is 1. The molecule has 0 bridgehead atoms. The zero-order valence-electron chi connectivity index (χ0n) is 14.4. The second-order valence-electron chi connectivity index (χ2n) is 5.89. The van der Waals surface area contributed by atoms with Gasteiger partial charge in [0.2, 0.25) is 0 Å². The number of aryl methyl sites for hydroxylation is 1. The third-order valence-electron chi connectivity index (χ3n) is 4.00. The van der Waals surface area contributed by atoms with E-state index in [-0.39, 0.29) is 0 Å². The Hall–Kier alpha value is -2.37. The molecule has 0 aliphatic heterocycles. The zero-order chi connectivity index (χ0) is 17.8. The van der Waals surface area contributed by atoms with E-state index in [4.69, 9.17) is 4.74 Å². The van der Waals surface area contributed by atoms with Gasteiger partial charge < -0.3 is 4.74 Å². The molecule has 130 valence electrons. The maximum atomic E-state index is 5.86. The molecule has 2 aromatic heterocycles. The third kappa shape index (κ3) is 3.74. The highest BCUT2D eigenvalue weighted by Crippen LogP contribution is 2.37. The Morgan fingerprint density at radius 3 is 2.77 bits per heavy atom. The first-order chi connectivity index (χ1) is 12.8. The molecule has 2 heterocycles. The van der Waals surface area contributed by atoms with Gasteiger partial charge in [0.1, 0.15) is 21.9 Å². The summed E-state index contributed by atoms with van der Waals surface area (Å²) in [6.45, 7) is 2.71. The molecule has 0 N–H and O–H groups in total. The van der Waals surface area contributed by atoms with Crippen molar-refractivity contribution in [1.29, 1.82) is 0 Å². The Balaban J connectivity index is 1.51. The van der Waals surface area contributed by atoms with E-state index in [0.717, 1.165) is 26.7 Å². The second-order valence-corrected chi connectivity index (χ2v) is 7.83. The van der Waals surface area contributed by atoms with Gasteiger partial charge in [0.05, 0.1) is 12.0 Å². The molecule has 2 aromatic carbocycles. The van der Waals surface area contributed by atoms with Gasteiger partial charge in [-0.15, -0.1) is 23.1 Å². The average molecular weight is 379 g/mol. The predicted molar refractivity (Wildman–Crippen MR) is 110 cm³/mol. The van der Waals surface area contributed by atoms with Crippen molar-refractivity contribution in [3.8, 4) is 16.9 Å². The molecule has 0 saturated carbocycles. The van der Waals surface area contributed by atoms with Gasteiger partial charge in [0.25, 0.3) is 0 Å². The lowest BCUT2D eigenvalue weighted by atomic mass is 10.1. The van der Waals surface area contributed by atoms with Crippen LogP contribution in [-0.2, 0) is 0 Å². The normalized spacial score (nSPS) is 11.0. The first-order valence-electron chi connectivity index (χ1n) is 8.41. The van der Waals surface area contributed by atoms with E-state index in [2.05, 4.69) is 58.7 Å². The van der Waals surface area contributed by atoms with E-state index in [1.165, 1.54) is 16.7 Å². The monoisotopic (exact) mass is 378 g/mol. The Kier molecular flexibility index (Phi) is 5.18. The topological polar surface area (TPSA) is 35.0 Å². The van der Waals surface area contributed by atoms with Gasteiger partial charge in [0, 0.05) is 16.7 Å². The van der Waals surface area contributed by atoms with Crippen LogP contribution in [0.1, 0.15) is 5.56 Å². The molecule has 5 heteroatoms. The van der Waals surface area contributed by atoms with Crippen molar-refractivity contribution in [2.75, 3.05) is 12.4 Å². The van der Waals surface area contributed by atoms with Crippen molar-refractivity contribution >= 4 is 33.3 Å². The van der Waals surface area contributed by atoms with Crippen molar-refractivity contribution in [1.82, 2.24) is 9.97 Å². The summed E-state index contributed by atoms with van der Waals surface area (Å²) in [5, 5.41) is 4.33. The van der Waals surface area contributed by atoms with Crippen LogP contribution in [0.5, 0.6) is 5.75 Å². The first kappa shape index (κ1) is 17.1. The van der Waals surface area contributed by atoms with Crippen LogP contribution in [0.3, 0.4) is 0 Å². The summed E-state index contributed by atoms with van der Waals surface area (Å²) in [6, 6.07) is 18.5. The standard InChI is InChI=1S/C21H18N2OS2/c1-15-6-5-9-17(12-15)24-10-11-25-20-19-18(16-7-3-2-4-8-16)13-26-21(19)23-14-22-20/h2-9,12-14H,10-11H2,1H3. The van der Waals surface area contributed by atoms with Crippen LogP contribution in [0.25, 0.3) is 21.3 Å². The smallest absolute Gasteiger partial charge is 0.128 e. The minimum absolute atomic E-state index is 0.643. The van der Waals surface area contributed by atoms with E-state index >= 15 is 0 Å². The van der Waals surface area contributed by atoms with Crippen molar-refractivity contribution in [2.24, 2.45) is 0 Å². The number of aromatic nitrogens is 2. The maximum Gasteiger partial charge on any atom is 0.128 e. The fourth-order valence-electron chi connectivity index (χ4n) is 2.79. The Morgan fingerprint density at radius 2 is 1.92 bits per heavy atom. The summed E-state index contributed by atoms with van der Waals surface area (Å²) >= 11 is 3.38. The molecular formula is C21H18N2OS2. The second kappa shape index (κ2) is 7.89. The molecule has 3 nitrogen and oxygen atoms in total. The number of ether oxygens (including phenoxy) is 1. The number of benzene rings is 2. The highest BCUT2D eigenvalue weighted by Gasteiger charge is 2.13. The van der Waals surface area contributed by atoms with Crippen LogP contribution < -0.4 is 4.74 Å². The fourth-order valence-corrected chi connectivity index (χ4v) is 4.60. The number of hydrogen-bond acceptors (Lipinski definition) is 5. The lowest BCUT2D eigenvalue weighted by Crippen LogP contribution is -2.00. The molecule has 4 rings (SSSR count). The van der Waals surface area contributed by atoms with Crippen LogP contribution in [0.4, 0.5) is 0 Å². The summed E-state index contributed by atoms with van der Waals surface area (Å²) in [5.41, 5.74) is 3.61. The molecule has 0 atom stereocenters. The molecule has 0 radical (unpaired) electrons. The summed E-state index contributed by atoms with van der Waals surface area (Å²) in [4.78, 5) is 9.99. The van der Waals surface area contributed by atoms with Gasteiger partial charge in [-0.05, 0) is 30.2 Å². The minimum Gasteiger partial charge on any atom is -0.493 e. The molecule has 0 saturated heterocycles. The minimum atomic E-state index is 0.643. The molecule has 0 aliphatic carbocycles. The SMILES string of the molecule is Cc1cccc(OCCSc2ncnc3scc(-c4ccccc4)c23)c1. The van der Waals surface area contributed by atoms with E-state index in [1.807, 2.05) is 18.2 Å². The van der Waals surface area contributed by atoms with Gasteiger partial charge in [0.15, 0.2) is 0 Å². The number of fused-ring (bicyclic) bond motifs is 1. The number of thiophene rings is 1. The number of nitrogens with zero attached hydrogens (tertiary/aromatic N) is 2. The summed E-state index contributed by atoms with van der Waals surface area (Å²) < 4.78 is 5.86. The largest absolute Gasteiger partial charge is 0.493 e. The van der Waals surface area contributed by atoms with Crippen molar-refractivity contribution < 1.29 is 4.74 Å². The van der Waals surface area contributed by atoms with Crippen LogP contribution >= 0.6 is 23.1 Å². The van der Waals surface area contributed by atoms with Crippen LogP contribution in [0, 0.1) is 6.92 Å². The molecular weight excluding hydrogens is 360 g/mol. The molecule has 0 amide bonds. The van der Waals surface area contributed by atoms with Gasteiger partial charge >= 0.3 is 0 Å². The van der Waals surface area contributed by atoms with E-state index < -0.39 is 0 Å². The molecule has 26 heavy (non-hydrogen) atoms. The summed E-state index contributed by atoms with van der Waals surface area (Å²) in [5.74, 6) is 1.75. The highest BCUT2D eigenvalue weighted by atomic mass is 32.2. The van der Waals surface area contributed by atoms with Gasteiger partial charge in [-0.2, -0.15) is 0 Å². The van der Waals surface area contributed by atoms with Gasteiger partial charge in [-0.1, -0.05) is 42.5 Å². The zero-order valence-corrected chi connectivity index (χ0v) is 16.0. The first-order valence-corrected chi connectivity index (χ1v) is 10.3. The third-order valence-corrected chi connectivity index (χ3v) is 5.84. The van der Waals surface area contributed by atoms with E-state index in [9.17, 15) is 0 Å². The summed E-state index contributed by atoms with van der Waals surface area (Å²) in [7, 11) is 0. The van der Waals surface area contributed by atoms with E-state index in [0.29, 0.717) is 6.61 Å². The van der Waals surface area contributed by atoms with Crippen LogP contribution in [0.2, 0.25) is 0 Å². The quantitative estimate of drug-likeness (QED) is 0.240. The summed E-state index contributed by atoms with van der Waals surface area (Å²) in [6.07, 6.45) is 1.65. The number of hydrogen-bond donors (Lipinski definition) is 0. The molecule has 0 unspecified atom stereocenters. The van der Waals surface area contributed by atoms with Gasteiger partial charge in [-0.3, -0.25) is 0 Å². The maximum absolute atomic E-state index is 5.86.